The summed E-state index contributed by atoms with van der Waals surface area (Å²) in [6.07, 6.45) is 5.56. The zero-order valence-electron chi connectivity index (χ0n) is 10.6. The summed E-state index contributed by atoms with van der Waals surface area (Å²) in [5, 5.41) is 6.06. The lowest BCUT2D eigenvalue weighted by Crippen LogP contribution is -2.37. The van der Waals surface area contributed by atoms with Crippen LogP contribution >= 0.6 is 11.6 Å². The molecule has 0 aliphatic carbocycles. The maximum atomic E-state index is 11.5. The van der Waals surface area contributed by atoms with Crippen molar-refractivity contribution in [2.45, 2.75) is 18.9 Å². The van der Waals surface area contributed by atoms with Crippen molar-refractivity contribution in [1.82, 2.24) is 10.6 Å². The standard InChI is InChI=1S/C14H17ClN2O2/c15-13-6-2-1-4-11(13)7-8-16-14(18)17-10-12-5-3-9-19-12/h1-2,4,6-8,12H,3,5,9-10H2,(H2,16,17,18)/b8-7+. The van der Waals surface area contributed by atoms with Crippen molar-refractivity contribution in [2.75, 3.05) is 13.2 Å². The third-order valence-corrected chi connectivity index (χ3v) is 3.24. The number of rotatable bonds is 4. The van der Waals surface area contributed by atoms with E-state index in [1.165, 1.54) is 0 Å². The fourth-order valence-electron chi connectivity index (χ4n) is 1.88. The first kappa shape index (κ1) is 13.9. The maximum Gasteiger partial charge on any atom is 0.318 e. The number of hydrogen-bond donors (Lipinski definition) is 2. The van der Waals surface area contributed by atoms with Gasteiger partial charge in [-0.2, -0.15) is 0 Å². The molecule has 102 valence electrons. The number of halogens is 1. The molecular weight excluding hydrogens is 264 g/mol. The summed E-state index contributed by atoms with van der Waals surface area (Å²) in [4.78, 5) is 11.5. The Morgan fingerprint density at radius 2 is 2.32 bits per heavy atom. The van der Waals surface area contributed by atoms with E-state index in [0.29, 0.717) is 11.6 Å². The van der Waals surface area contributed by atoms with Crippen LogP contribution in [0.2, 0.25) is 5.02 Å². The van der Waals surface area contributed by atoms with Crippen LogP contribution in [0.5, 0.6) is 0 Å². The SMILES string of the molecule is O=C(N/C=C/c1ccccc1Cl)NCC1CCCO1. The van der Waals surface area contributed by atoms with Crippen molar-refractivity contribution in [3.8, 4) is 0 Å². The van der Waals surface area contributed by atoms with E-state index in [9.17, 15) is 4.79 Å². The van der Waals surface area contributed by atoms with Crippen molar-refractivity contribution in [2.24, 2.45) is 0 Å². The van der Waals surface area contributed by atoms with Gasteiger partial charge in [0.2, 0.25) is 0 Å². The van der Waals surface area contributed by atoms with E-state index in [0.717, 1.165) is 25.0 Å². The van der Waals surface area contributed by atoms with Gasteiger partial charge < -0.3 is 15.4 Å². The minimum Gasteiger partial charge on any atom is -0.376 e. The highest BCUT2D eigenvalue weighted by atomic mass is 35.5. The third kappa shape index (κ3) is 4.58. The molecule has 0 radical (unpaired) electrons. The van der Waals surface area contributed by atoms with Crippen molar-refractivity contribution < 1.29 is 9.53 Å². The fourth-order valence-corrected chi connectivity index (χ4v) is 2.08. The van der Waals surface area contributed by atoms with Crippen molar-refractivity contribution >= 4 is 23.7 Å². The number of ether oxygens (including phenoxy) is 1. The Morgan fingerprint density at radius 1 is 1.47 bits per heavy atom. The molecule has 1 unspecified atom stereocenters. The largest absolute Gasteiger partial charge is 0.376 e. The second-order valence-corrected chi connectivity index (χ2v) is 4.75. The van der Waals surface area contributed by atoms with Gasteiger partial charge in [-0.25, -0.2) is 4.79 Å². The molecule has 1 fully saturated rings. The summed E-state index contributed by atoms with van der Waals surface area (Å²) in [7, 11) is 0. The number of benzene rings is 1. The number of urea groups is 1. The summed E-state index contributed by atoms with van der Waals surface area (Å²) < 4.78 is 5.41. The van der Waals surface area contributed by atoms with Crippen LogP contribution in [-0.4, -0.2) is 25.3 Å². The van der Waals surface area contributed by atoms with Crippen molar-refractivity contribution in [3.63, 3.8) is 0 Å². The number of carbonyl (C=O) groups is 1. The van der Waals surface area contributed by atoms with E-state index in [1.54, 1.807) is 18.3 Å². The van der Waals surface area contributed by atoms with Crippen LogP contribution in [0.25, 0.3) is 6.08 Å². The molecule has 1 aliphatic rings. The average molecular weight is 281 g/mol. The van der Waals surface area contributed by atoms with Crippen molar-refractivity contribution in [1.29, 1.82) is 0 Å². The van der Waals surface area contributed by atoms with Crippen LogP contribution in [0.15, 0.2) is 30.5 Å². The number of carbonyl (C=O) groups excluding carboxylic acids is 1. The lowest BCUT2D eigenvalue weighted by atomic mass is 10.2. The molecular formula is C14H17ClN2O2. The van der Waals surface area contributed by atoms with E-state index in [2.05, 4.69) is 10.6 Å². The van der Waals surface area contributed by atoms with E-state index < -0.39 is 0 Å². The highest BCUT2D eigenvalue weighted by Crippen LogP contribution is 2.15. The molecule has 2 amide bonds. The topological polar surface area (TPSA) is 50.4 Å². The molecule has 0 aromatic heterocycles. The van der Waals surface area contributed by atoms with Crippen molar-refractivity contribution in [3.05, 3.63) is 41.1 Å². The molecule has 1 aromatic rings. The summed E-state index contributed by atoms with van der Waals surface area (Å²) in [6, 6.07) is 7.20. The summed E-state index contributed by atoms with van der Waals surface area (Å²) >= 11 is 5.99. The molecule has 1 heterocycles. The molecule has 5 heteroatoms. The normalized spacial score (nSPS) is 18.7. The maximum absolute atomic E-state index is 11.5. The first-order chi connectivity index (χ1) is 9.25. The van der Waals surface area contributed by atoms with Gasteiger partial charge in [-0.1, -0.05) is 29.8 Å². The molecule has 1 atom stereocenters. The lowest BCUT2D eigenvalue weighted by molar-refractivity contribution is 0.111. The van der Waals surface area contributed by atoms with Gasteiger partial charge in [0, 0.05) is 24.4 Å². The molecule has 19 heavy (non-hydrogen) atoms. The second-order valence-electron chi connectivity index (χ2n) is 4.34. The van der Waals surface area contributed by atoms with Gasteiger partial charge in [0.15, 0.2) is 0 Å². The molecule has 2 rings (SSSR count). The Kier molecular flexibility index (Phi) is 5.24. The van der Waals surface area contributed by atoms with Crippen LogP contribution in [0.1, 0.15) is 18.4 Å². The molecule has 0 spiro atoms. The van der Waals surface area contributed by atoms with Crippen LogP contribution < -0.4 is 10.6 Å². The van der Waals surface area contributed by atoms with Gasteiger partial charge in [0.25, 0.3) is 0 Å². The predicted octanol–water partition coefficient (Wildman–Crippen LogP) is 2.79. The Balaban J connectivity index is 1.72. The summed E-state index contributed by atoms with van der Waals surface area (Å²) in [5.74, 6) is 0. The molecule has 1 aliphatic heterocycles. The second kappa shape index (κ2) is 7.16. The molecule has 4 nitrogen and oxygen atoms in total. The van der Waals surface area contributed by atoms with Gasteiger partial charge >= 0.3 is 6.03 Å². The predicted molar refractivity (Wildman–Crippen MR) is 76.0 cm³/mol. The van der Waals surface area contributed by atoms with Gasteiger partial charge in [0.1, 0.15) is 0 Å². The van der Waals surface area contributed by atoms with Crippen LogP contribution in [0, 0.1) is 0 Å². The Morgan fingerprint density at radius 3 is 3.05 bits per heavy atom. The number of nitrogens with one attached hydrogen (secondary N) is 2. The van der Waals surface area contributed by atoms with Gasteiger partial charge in [-0.05, 0) is 30.5 Å². The quantitative estimate of drug-likeness (QED) is 0.891. The van der Waals surface area contributed by atoms with Gasteiger partial charge in [0.05, 0.1) is 6.10 Å². The van der Waals surface area contributed by atoms with E-state index in [1.807, 2.05) is 18.2 Å². The molecule has 0 bridgehead atoms. The van der Waals surface area contributed by atoms with Crippen LogP contribution in [0.4, 0.5) is 4.79 Å². The molecule has 1 aromatic carbocycles. The minimum absolute atomic E-state index is 0.151. The van der Waals surface area contributed by atoms with E-state index in [-0.39, 0.29) is 12.1 Å². The highest BCUT2D eigenvalue weighted by Gasteiger charge is 2.15. The number of amides is 2. The van der Waals surface area contributed by atoms with Crippen LogP contribution in [0.3, 0.4) is 0 Å². The van der Waals surface area contributed by atoms with E-state index in [4.69, 9.17) is 16.3 Å². The number of hydrogen-bond acceptors (Lipinski definition) is 2. The van der Waals surface area contributed by atoms with E-state index >= 15 is 0 Å². The lowest BCUT2D eigenvalue weighted by Gasteiger charge is -2.10. The summed E-state index contributed by atoms with van der Waals surface area (Å²) in [6.45, 7) is 1.34. The third-order valence-electron chi connectivity index (χ3n) is 2.90. The Hall–Kier alpha value is -1.52. The van der Waals surface area contributed by atoms with Gasteiger partial charge in [-0.3, -0.25) is 0 Å². The average Bonchev–Trinajstić information content (AvgIpc) is 2.92. The fraction of sp³-hybridized carbons (Fsp3) is 0.357. The minimum atomic E-state index is -0.237. The Labute approximate surface area is 117 Å². The monoisotopic (exact) mass is 280 g/mol. The molecule has 1 saturated heterocycles. The van der Waals surface area contributed by atoms with Crippen LogP contribution in [-0.2, 0) is 4.74 Å². The highest BCUT2D eigenvalue weighted by molar-refractivity contribution is 6.32. The molecule has 2 N–H and O–H groups in total. The molecule has 0 saturated carbocycles. The Bertz CT molecular complexity index is 457. The summed E-state index contributed by atoms with van der Waals surface area (Å²) in [5.41, 5.74) is 0.864. The smallest absolute Gasteiger partial charge is 0.318 e. The first-order valence-electron chi connectivity index (χ1n) is 6.33. The zero-order chi connectivity index (χ0) is 13.5. The van der Waals surface area contributed by atoms with Gasteiger partial charge in [-0.15, -0.1) is 0 Å². The zero-order valence-corrected chi connectivity index (χ0v) is 11.3. The first-order valence-corrected chi connectivity index (χ1v) is 6.70.